The van der Waals surface area contributed by atoms with Gasteiger partial charge in [0.15, 0.2) is 6.23 Å². The number of phenols is 2. The van der Waals surface area contributed by atoms with Crippen molar-refractivity contribution in [1.82, 2.24) is 5.32 Å². The fourth-order valence-electron chi connectivity index (χ4n) is 3.02. The first kappa shape index (κ1) is 16.2. The predicted octanol–water partition coefficient (Wildman–Crippen LogP) is 4.15. The van der Waals surface area contributed by atoms with Crippen LogP contribution >= 0.6 is 0 Å². The molecule has 3 aromatic carbocycles. The van der Waals surface area contributed by atoms with Crippen LogP contribution in [0.3, 0.4) is 0 Å². The van der Waals surface area contributed by atoms with E-state index in [1.165, 1.54) is 0 Å². The first-order chi connectivity index (χ1) is 12.7. The minimum Gasteiger partial charge on any atom is -0.508 e. The van der Waals surface area contributed by atoms with Crippen molar-refractivity contribution in [2.45, 2.75) is 12.8 Å². The lowest BCUT2D eigenvalue weighted by atomic mass is 9.98. The third-order valence-electron chi connectivity index (χ3n) is 4.37. The molecule has 3 N–H and O–H groups in total. The maximum absolute atomic E-state index is 9.75. The number of fused-ring (bicyclic) bond motifs is 1. The van der Waals surface area contributed by atoms with Crippen molar-refractivity contribution in [2.75, 3.05) is 0 Å². The molecule has 1 aliphatic heterocycles. The van der Waals surface area contributed by atoms with Gasteiger partial charge in [-0.2, -0.15) is 0 Å². The molecule has 0 saturated carbocycles. The topological polar surface area (TPSA) is 61.7 Å². The number of nitrogens with one attached hydrogen (secondary N) is 1. The van der Waals surface area contributed by atoms with Gasteiger partial charge in [-0.1, -0.05) is 42.5 Å². The zero-order valence-corrected chi connectivity index (χ0v) is 14.1. The number of rotatable bonds is 4. The molecule has 0 amide bonds. The molecule has 4 rings (SSSR count). The first-order valence-electron chi connectivity index (χ1n) is 8.47. The molecule has 0 aliphatic carbocycles. The molecule has 4 nitrogen and oxygen atoms in total. The molecule has 4 heteroatoms. The Bertz CT molecular complexity index is 933. The summed E-state index contributed by atoms with van der Waals surface area (Å²) in [6.45, 7) is 0.648. The molecule has 3 aromatic rings. The summed E-state index contributed by atoms with van der Waals surface area (Å²) in [6.07, 6.45) is 1.68. The highest BCUT2D eigenvalue weighted by Crippen LogP contribution is 2.36. The summed E-state index contributed by atoms with van der Waals surface area (Å²) in [6, 6.07) is 22.3. The van der Waals surface area contributed by atoms with Gasteiger partial charge in [0.2, 0.25) is 0 Å². The molecule has 1 heterocycles. The van der Waals surface area contributed by atoms with E-state index in [0.29, 0.717) is 12.3 Å². The molecule has 130 valence electrons. The SMILES string of the molecule is Oc1ccc(C2=Cc3ccc(O)cc3OC2NCc2ccccc2)cc1. The van der Waals surface area contributed by atoms with Crippen LogP contribution < -0.4 is 10.1 Å². The molecular formula is C22H19NO3. The van der Waals surface area contributed by atoms with Crippen LogP contribution in [0.1, 0.15) is 16.7 Å². The van der Waals surface area contributed by atoms with Gasteiger partial charge in [-0.15, -0.1) is 0 Å². The fraction of sp³-hybridized carbons (Fsp3) is 0.0909. The van der Waals surface area contributed by atoms with Crippen molar-refractivity contribution in [3.63, 3.8) is 0 Å². The minimum atomic E-state index is -0.367. The smallest absolute Gasteiger partial charge is 0.177 e. The summed E-state index contributed by atoms with van der Waals surface area (Å²) >= 11 is 0. The molecule has 0 fully saturated rings. The molecule has 0 saturated heterocycles. The fourth-order valence-corrected chi connectivity index (χ4v) is 3.02. The number of aromatic hydroxyl groups is 2. The zero-order valence-electron chi connectivity index (χ0n) is 14.1. The monoisotopic (exact) mass is 345 g/mol. The van der Waals surface area contributed by atoms with E-state index >= 15 is 0 Å². The number of phenolic OH excluding ortho intramolecular Hbond substituents is 2. The highest BCUT2D eigenvalue weighted by molar-refractivity contribution is 5.87. The Labute approximate surface area is 152 Å². The van der Waals surface area contributed by atoms with Gasteiger partial charge >= 0.3 is 0 Å². The van der Waals surface area contributed by atoms with E-state index in [9.17, 15) is 10.2 Å². The average Bonchev–Trinajstić information content (AvgIpc) is 2.67. The van der Waals surface area contributed by atoms with Crippen LogP contribution in [0.5, 0.6) is 17.2 Å². The summed E-state index contributed by atoms with van der Waals surface area (Å²) in [7, 11) is 0. The molecule has 1 atom stereocenters. The lowest BCUT2D eigenvalue weighted by molar-refractivity contribution is 0.214. The van der Waals surface area contributed by atoms with Crippen LogP contribution in [0.15, 0.2) is 72.8 Å². The van der Waals surface area contributed by atoms with E-state index in [-0.39, 0.29) is 17.7 Å². The molecular weight excluding hydrogens is 326 g/mol. The number of ether oxygens (including phenoxy) is 1. The Morgan fingerprint density at radius 1 is 0.846 bits per heavy atom. The van der Waals surface area contributed by atoms with E-state index in [4.69, 9.17) is 4.74 Å². The lowest BCUT2D eigenvalue weighted by Crippen LogP contribution is -2.36. The van der Waals surface area contributed by atoms with Crippen LogP contribution in [-0.4, -0.2) is 16.4 Å². The molecule has 26 heavy (non-hydrogen) atoms. The van der Waals surface area contributed by atoms with E-state index in [0.717, 1.165) is 22.3 Å². The van der Waals surface area contributed by atoms with Crippen LogP contribution in [-0.2, 0) is 6.54 Å². The van der Waals surface area contributed by atoms with Crippen LogP contribution in [0.25, 0.3) is 11.6 Å². The van der Waals surface area contributed by atoms with Gasteiger partial charge in [0.1, 0.15) is 17.2 Å². The number of hydrogen-bond acceptors (Lipinski definition) is 4. The second-order valence-corrected chi connectivity index (χ2v) is 6.23. The summed E-state index contributed by atoms with van der Waals surface area (Å²) in [4.78, 5) is 0. The van der Waals surface area contributed by atoms with Crippen molar-refractivity contribution in [3.8, 4) is 17.2 Å². The average molecular weight is 345 g/mol. The van der Waals surface area contributed by atoms with Crippen LogP contribution in [0.4, 0.5) is 0 Å². The maximum Gasteiger partial charge on any atom is 0.177 e. The Hall–Kier alpha value is -3.24. The molecule has 0 bridgehead atoms. The van der Waals surface area contributed by atoms with Crippen molar-refractivity contribution in [3.05, 3.63) is 89.5 Å². The molecule has 0 spiro atoms. The largest absolute Gasteiger partial charge is 0.508 e. The summed E-state index contributed by atoms with van der Waals surface area (Å²) in [5.41, 5.74) is 4.00. The van der Waals surface area contributed by atoms with Gasteiger partial charge in [0, 0.05) is 23.7 Å². The Morgan fingerprint density at radius 2 is 1.58 bits per heavy atom. The van der Waals surface area contributed by atoms with Crippen LogP contribution in [0, 0.1) is 0 Å². The van der Waals surface area contributed by atoms with Gasteiger partial charge < -0.3 is 14.9 Å². The summed E-state index contributed by atoms with van der Waals surface area (Å²) in [5.74, 6) is 1.04. The van der Waals surface area contributed by atoms with Gasteiger partial charge in [0.25, 0.3) is 0 Å². The highest BCUT2D eigenvalue weighted by atomic mass is 16.5. The van der Waals surface area contributed by atoms with E-state index in [1.54, 1.807) is 24.3 Å². The second-order valence-electron chi connectivity index (χ2n) is 6.23. The van der Waals surface area contributed by atoms with Crippen molar-refractivity contribution < 1.29 is 14.9 Å². The summed E-state index contributed by atoms with van der Waals surface area (Å²) < 4.78 is 6.13. The second kappa shape index (κ2) is 6.94. The third-order valence-corrected chi connectivity index (χ3v) is 4.37. The number of hydrogen-bond donors (Lipinski definition) is 3. The quantitative estimate of drug-likeness (QED) is 0.665. The van der Waals surface area contributed by atoms with Crippen LogP contribution in [0.2, 0.25) is 0 Å². The number of benzene rings is 3. The molecule has 0 radical (unpaired) electrons. The first-order valence-corrected chi connectivity index (χ1v) is 8.47. The molecule has 1 unspecified atom stereocenters. The molecule has 0 aromatic heterocycles. The maximum atomic E-state index is 9.75. The third kappa shape index (κ3) is 3.41. The van der Waals surface area contributed by atoms with E-state index in [1.807, 2.05) is 42.5 Å². The predicted molar refractivity (Wildman–Crippen MR) is 102 cm³/mol. The van der Waals surface area contributed by atoms with Gasteiger partial charge in [-0.3, -0.25) is 5.32 Å². The normalized spacial score (nSPS) is 15.7. The van der Waals surface area contributed by atoms with Crippen molar-refractivity contribution in [1.29, 1.82) is 0 Å². The lowest BCUT2D eigenvalue weighted by Gasteiger charge is -2.28. The Kier molecular flexibility index (Phi) is 4.33. The van der Waals surface area contributed by atoms with Gasteiger partial charge in [-0.05, 0) is 41.5 Å². The van der Waals surface area contributed by atoms with Gasteiger partial charge in [0.05, 0.1) is 0 Å². The highest BCUT2D eigenvalue weighted by Gasteiger charge is 2.24. The Balaban J connectivity index is 1.67. The van der Waals surface area contributed by atoms with Crippen molar-refractivity contribution in [2.24, 2.45) is 0 Å². The zero-order chi connectivity index (χ0) is 17.9. The molecule has 1 aliphatic rings. The van der Waals surface area contributed by atoms with Crippen molar-refractivity contribution >= 4 is 11.6 Å². The van der Waals surface area contributed by atoms with Gasteiger partial charge in [-0.25, -0.2) is 0 Å². The van der Waals surface area contributed by atoms with E-state index < -0.39 is 0 Å². The standard InChI is InChI=1S/C22H19NO3/c24-18-9-6-16(7-10-18)20-12-17-8-11-19(25)13-21(17)26-22(20)23-14-15-4-2-1-3-5-15/h1-13,22-25H,14H2. The summed E-state index contributed by atoms with van der Waals surface area (Å²) in [5, 5.41) is 22.7. The minimum absolute atomic E-state index is 0.173. The van der Waals surface area contributed by atoms with E-state index in [2.05, 4.69) is 17.4 Å². The Morgan fingerprint density at radius 3 is 2.35 bits per heavy atom.